The summed E-state index contributed by atoms with van der Waals surface area (Å²) in [5, 5.41) is 0. The molecule has 5 aromatic rings. The monoisotopic (exact) mass is 979 g/mol. The molecule has 0 bridgehead atoms. The zero-order valence-corrected chi connectivity index (χ0v) is 44.4. The first-order valence-electron chi connectivity index (χ1n) is 27.8. The second-order valence-corrected chi connectivity index (χ2v) is 20.7. The molecule has 0 aliphatic carbocycles. The Kier molecular flexibility index (Phi) is 24.7. The van der Waals surface area contributed by atoms with E-state index in [0.717, 1.165) is 116 Å². The predicted octanol–water partition coefficient (Wildman–Crippen LogP) is 14.3. The molecular formula is C64H90N4O4. The van der Waals surface area contributed by atoms with E-state index >= 15 is 0 Å². The average molecular weight is 979 g/mol. The van der Waals surface area contributed by atoms with Crippen LogP contribution in [0.5, 0.6) is 0 Å². The highest BCUT2D eigenvalue weighted by molar-refractivity contribution is 6.03. The summed E-state index contributed by atoms with van der Waals surface area (Å²) in [6.07, 6.45) is 18.9. The van der Waals surface area contributed by atoms with E-state index in [2.05, 4.69) is 76.2 Å². The van der Waals surface area contributed by atoms with Gasteiger partial charge in [0.05, 0.1) is 11.1 Å². The van der Waals surface area contributed by atoms with Crippen molar-refractivity contribution < 1.29 is 19.1 Å². The Morgan fingerprint density at radius 2 is 0.750 bits per heavy atom. The Morgan fingerprint density at radius 3 is 1.08 bits per heavy atom. The van der Waals surface area contributed by atoms with Crippen LogP contribution in [-0.4, -0.2) is 24.0 Å². The van der Waals surface area contributed by atoms with Crippen LogP contribution in [0.1, 0.15) is 186 Å². The number of benzene rings is 5. The molecule has 390 valence electrons. The second kappa shape index (κ2) is 30.8. The third kappa shape index (κ3) is 17.8. The van der Waals surface area contributed by atoms with Crippen LogP contribution in [0.15, 0.2) is 146 Å². The van der Waals surface area contributed by atoms with Gasteiger partial charge in [-0.2, -0.15) is 0 Å². The summed E-state index contributed by atoms with van der Waals surface area (Å²) >= 11 is 0. The summed E-state index contributed by atoms with van der Waals surface area (Å²) in [6, 6.07) is 46.6. The van der Waals surface area contributed by atoms with Gasteiger partial charge in [-0.1, -0.05) is 238 Å². The molecule has 0 aliphatic rings. The van der Waals surface area contributed by atoms with Crippen molar-refractivity contribution in [3.8, 4) is 0 Å². The number of unbranched alkanes of at least 4 members (excludes halogenated alkanes) is 6. The summed E-state index contributed by atoms with van der Waals surface area (Å²) in [5.41, 5.74) is 30.4. The first kappa shape index (κ1) is 57.8. The van der Waals surface area contributed by atoms with Crippen LogP contribution in [0.4, 0.5) is 0 Å². The summed E-state index contributed by atoms with van der Waals surface area (Å²) in [6.45, 7) is 8.90. The van der Waals surface area contributed by atoms with Crippen molar-refractivity contribution in [1.82, 2.24) is 0 Å². The minimum atomic E-state index is -1.56. The third-order valence-electron chi connectivity index (χ3n) is 15.4. The number of nitrogens with two attached hydrogens (primary N) is 4. The molecule has 0 radical (unpaired) electrons. The lowest BCUT2D eigenvalue weighted by atomic mass is 9.74. The van der Waals surface area contributed by atoms with Crippen LogP contribution in [-0.2, 0) is 33.8 Å². The fourth-order valence-corrected chi connectivity index (χ4v) is 11.1. The van der Waals surface area contributed by atoms with Crippen LogP contribution in [0.2, 0.25) is 0 Å². The lowest BCUT2D eigenvalue weighted by Crippen LogP contribution is -2.48. The summed E-state index contributed by atoms with van der Waals surface area (Å²) in [5.74, 6) is -0.973. The van der Waals surface area contributed by atoms with Crippen LogP contribution >= 0.6 is 0 Å². The van der Waals surface area contributed by atoms with E-state index in [9.17, 15) is 9.59 Å². The quantitative estimate of drug-likeness (QED) is 0.0180. The molecule has 0 saturated heterocycles. The Hall–Kier alpha value is -5.12. The topological polar surface area (TPSA) is 157 Å². The van der Waals surface area contributed by atoms with Gasteiger partial charge >= 0.3 is 11.9 Å². The molecule has 0 amide bonds. The lowest BCUT2D eigenvalue weighted by molar-refractivity contribution is -0.0434. The molecule has 8 N–H and O–H groups in total. The molecule has 5 rings (SSSR count). The van der Waals surface area contributed by atoms with Gasteiger partial charge in [0.25, 0.3) is 0 Å². The maximum absolute atomic E-state index is 14.9. The SMILES string of the molecule is CCCCCC(CC)C(CC(N)(OC(=O)c1ccccc1C(=O)OC(N)(CC(C(N)CCCCc1ccccc1)C(CC)CCCCC)c1ccccc1)c1ccccc1)C(N)CCCCc1ccccc1. The van der Waals surface area contributed by atoms with E-state index < -0.39 is 23.4 Å². The van der Waals surface area contributed by atoms with E-state index in [0.29, 0.717) is 24.0 Å². The van der Waals surface area contributed by atoms with Gasteiger partial charge in [-0.05, 0) is 85.5 Å². The number of esters is 2. The Labute approximate surface area is 434 Å². The second-order valence-electron chi connectivity index (χ2n) is 20.7. The average Bonchev–Trinajstić information content (AvgIpc) is 3.41. The molecule has 5 aromatic carbocycles. The molecule has 8 nitrogen and oxygen atoms in total. The number of aryl methyl sites for hydroxylation is 2. The van der Waals surface area contributed by atoms with Crippen LogP contribution in [0.25, 0.3) is 0 Å². The van der Waals surface area contributed by atoms with Crippen molar-refractivity contribution in [2.75, 3.05) is 0 Å². The van der Waals surface area contributed by atoms with Gasteiger partial charge in [0.1, 0.15) is 0 Å². The van der Waals surface area contributed by atoms with E-state index in [1.807, 2.05) is 72.8 Å². The number of ether oxygens (including phenoxy) is 2. The normalized spacial score (nSPS) is 15.8. The molecule has 0 heterocycles. The van der Waals surface area contributed by atoms with Crippen molar-refractivity contribution in [2.45, 2.75) is 180 Å². The Bertz CT molecular complexity index is 2100. The minimum absolute atomic E-state index is 0.0392. The smallest absolute Gasteiger partial charge is 0.341 e. The molecule has 8 heteroatoms. The maximum Gasteiger partial charge on any atom is 0.341 e. The highest BCUT2D eigenvalue weighted by Crippen LogP contribution is 2.40. The van der Waals surface area contributed by atoms with Gasteiger partial charge in [-0.25, -0.2) is 9.59 Å². The lowest BCUT2D eigenvalue weighted by Gasteiger charge is -2.39. The van der Waals surface area contributed by atoms with Gasteiger partial charge in [-0.15, -0.1) is 0 Å². The number of rotatable bonds is 34. The zero-order valence-electron chi connectivity index (χ0n) is 44.4. The van der Waals surface area contributed by atoms with E-state index in [-0.39, 0.29) is 46.9 Å². The van der Waals surface area contributed by atoms with Gasteiger partial charge in [0.15, 0.2) is 11.4 Å². The highest BCUT2D eigenvalue weighted by atomic mass is 16.6. The van der Waals surface area contributed by atoms with Crippen molar-refractivity contribution in [3.63, 3.8) is 0 Å². The highest BCUT2D eigenvalue weighted by Gasteiger charge is 2.42. The molecule has 0 spiro atoms. The van der Waals surface area contributed by atoms with Gasteiger partial charge in [-0.3, -0.25) is 11.5 Å². The fourth-order valence-electron chi connectivity index (χ4n) is 11.1. The molecule has 72 heavy (non-hydrogen) atoms. The van der Waals surface area contributed by atoms with Crippen molar-refractivity contribution >= 4 is 11.9 Å². The molecule has 0 saturated carbocycles. The number of hydrogen-bond donors (Lipinski definition) is 4. The predicted molar refractivity (Wildman–Crippen MR) is 298 cm³/mol. The summed E-state index contributed by atoms with van der Waals surface area (Å²) in [7, 11) is 0. The molecule has 0 fully saturated rings. The van der Waals surface area contributed by atoms with Crippen LogP contribution < -0.4 is 22.9 Å². The van der Waals surface area contributed by atoms with Gasteiger partial charge < -0.3 is 20.9 Å². The van der Waals surface area contributed by atoms with E-state index in [1.54, 1.807) is 24.3 Å². The van der Waals surface area contributed by atoms with Crippen molar-refractivity contribution in [1.29, 1.82) is 0 Å². The first-order chi connectivity index (χ1) is 34.9. The van der Waals surface area contributed by atoms with Crippen LogP contribution in [0.3, 0.4) is 0 Å². The molecule has 8 atom stereocenters. The standard InChI is InChI=1S/C64H90N4O4/c1-5-9-15-37-51(7-3)57(59(65)45-29-25-35-49-31-17-11-18-32-49)47-63(67,53-39-21-13-22-40-53)71-61(69)55-43-27-28-44-56(55)62(70)72-64(68,54-41-23-14-24-42-54)48-58(52(8-4)38-16-10-6-2)60(66)46-30-26-36-50-33-19-12-20-34-50/h11-14,17-24,27-28,31-34,39-44,51-52,57-60H,5-10,15-16,25-26,29-30,35-38,45-48,65-68H2,1-4H3. The van der Waals surface area contributed by atoms with Crippen LogP contribution in [0, 0.1) is 23.7 Å². The van der Waals surface area contributed by atoms with E-state index in [4.69, 9.17) is 32.4 Å². The fraction of sp³-hybridized carbons (Fsp3) is 0.500. The summed E-state index contributed by atoms with van der Waals surface area (Å²) < 4.78 is 13.2. The maximum atomic E-state index is 14.9. The van der Waals surface area contributed by atoms with Crippen molar-refractivity contribution in [2.24, 2.45) is 46.6 Å². The molecule has 0 aromatic heterocycles. The van der Waals surface area contributed by atoms with Gasteiger partial charge in [0.2, 0.25) is 0 Å². The number of carbonyl (C=O) groups excluding carboxylic acids is 2. The minimum Gasteiger partial charge on any atom is -0.436 e. The summed E-state index contributed by atoms with van der Waals surface area (Å²) in [4.78, 5) is 29.8. The largest absolute Gasteiger partial charge is 0.436 e. The Balaban J connectivity index is 1.43. The Morgan fingerprint density at radius 1 is 0.431 bits per heavy atom. The molecule has 0 aliphatic heterocycles. The van der Waals surface area contributed by atoms with E-state index in [1.165, 1.54) is 11.1 Å². The first-order valence-corrected chi connectivity index (χ1v) is 27.8. The third-order valence-corrected chi connectivity index (χ3v) is 15.4. The zero-order chi connectivity index (χ0) is 51.6. The van der Waals surface area contributed by atoms with Crippen molar-refractivity contribution in [3.05, 3.63) is 179 Å². The molecular weight excluding hydrogens is 889 g/mol. The van der Waals surface area contributed by atoms with Gasteiger partial charge in [0, 0.05) is 36.1 Å². The number of carbonyl (C=O) groups is 2. The number of hydrogen-bond acceptors (Lipinski definition) is 8. The molecule has 8 unspecified atom stereocenters.